The predicted molar refractivity (Wildman–Crippen MR) is 118 cm³/mol. The standard InChI is InChI=1S/C23H25N7O/c24-21-20-13-26-30(15-19-5-3-4-18(12-19)14-29-10-1-2-11-29)22(20)28-23(27-21)31-16-17-6-8-25-9-7-17/h3-9,12-13H,1-2,10-11,14-16H2,(H2,24,27,28). The van der Waals surface area contributed by atoms with Crippen LogP contribution < -0.4 is 10.5 Å². The number of pyridine rings is 1. The van der Waals surface area contributed by atoms with E-state index in [0.717, 1.165) is 17.5 Å². The molecule has 0 radical (unpaired) electrons. The number of hydrogen-bond acceptors (Lipinski definition) is 7. The van der Waals surface area contributed by atoms with Gasteiger partial charge in [0.05, 0.1) is 18.1 Å². The van der Waals surface area contributed by atoms with Crippen LogP contribution in [-0.2, 0) is 19.7 Å². The summed E-state index contributed by atoms with van der Waals surface area (Å²) in [5.74, 6) is 0.365. The summed E-state index contributed by atoms with van der Waals surface area (Å²) in [6.45, 7) is 4.33. The molecule has 8 nitrogen and oxygen atoms in total. The van der Waals surface area contributed by atoms with Crippen molar-refractivity contribution in [2.45, 2.75) is 32.5 Å². The first-order chi connectivity index (χ1) is 15.2. The summed E-state index contributed by atoms with van der Waals surface area (Å²) in [5, 5.41) is 5.23. The molecule has 1 aliphatic rings. The number of hydrogen-bond donors (Lipinski definition) is 1. The van der Waals surface area contributed by atoms with Crippen molar-refractivity contribution in [2.24, 2.45) is 0 Å². The first-order valence-corrected chi connectivity index (χ1v) is 10.6. The van der Waals surface area contributed by atoms with E-state index in [1.807, 2.05) is 16.8 Å². The molecular weight excluding hydrogens is 390 g/mol. The molecule has 2 N–H and O–H groups in total. The Morgan fingerprint density at radius 3 is 2.52 bits per heavy atom. The van der Waals surface area contributed by atoms with Crippen molar-refractivity contribution in [1.82, 2.24) is 29.6 Å². The summed E-state index contributed by atoms with van der Waals surface area (Å²) in [7, 11) is 0. The molecule has 158 valence electrons. The van der Waals surface area contributed by atoms with E-state index in [2.05, 4.69) is 49.2 Å². The Hall–Kier alpha value is -3.52. The number of nitrogen functional groups attached to an aromatic ring is 1. The summed E-state index contributed by atoms with van der Waals surface area (Å²) < 4.78 is 7.62. The van der Waals surface area contributed by atoms with Gasteiger partial charge >= 0.3 is 6.01 Å². The SMILES string of the molecule is Nc1nc(OCc2ccncc2)nc2c1cnn2Cc1cccc(CN2CCCC2)c1. The van der Waals surface area contributed by atoms with Crippen LogP contribution in [0.25, 0.3) is 11.0 Å². The zero-order valence-corrected chi connectivity index (χ0v) is 17.3. The van der Waals surface area contributed by atoms with Crippen LogP contribution in [0.3, 0.4) is 0 Å². The lowest BCUT2D eigenvalue weighted by atomic mass is 10.1. The minimum Gasteiger partial charge on any atom is -0.458 e. The minimum atomic E-state index is 0.242. The van der Waals surface area contributed by atoms with Gasteiger partial charge < -0.3 is 10.5 Å². The van der Waals surface area contributed by atoms with E-state index < -0.39 is 0 Å². The van der Waals surface area contributed by atoms with Gasteiger partial charge in [0, 0.05) is 18.9 Å². The number of ether oxygens (including phenoxy) is 1. The maximum atomic E-state index is 6.15. The zero-order valence-electron chi connectivity index (χ0n) is 17.3. The molecule has 1 aliphatic heterocycles. The number of nitrogens with two attached hydrogens (primary N) is 1. The van der Waals surface area contributed by atoms with Gasteiger partial charge in [-0.05, 0) is 54.8 Å². The summed E-state index contributed by atoms with van der Waals surface area (Å²) >= 11 is 0. The third-order valence-electron chi connectivity index (χ3n) is 5.55. The van der Waals surface area contributed by atoms with Crippen LogP contribution in [-0.4, -0.2) is 42.7 Å². The Morgan fingerprint density at radius 2 is 1.71 bits per heavy atom. The Morgan fingerprint density at radius 1 is 0.935 bits per heavy atom. The molecule has 4 aromatic rings. The third kappa shape index (κ3) is 4.49. The number of rotatable bonds is 7. The second-order valence-corrected chi connectivity index (χ2v) is 7.88. The van der Waals surface area contributed by atoms with Crippen LogP contribution in [0.4, 0.5) is 5.82 Å². The molecule has 3 aromatic heterocycles. The highest BCUT2D eigenvalue weighted by atomic mass is 16.5. The molecule has 0 saturated carbocycles. The van der Waals surface area contributed by atoms with E-state index in [-0.39, 0.29) is 6.01 Å². The van der Waals surface area contributed by atoms with Gasteiger partial charge in [0.25, 0.3) is 0 Å². The highest BCUT2D eigenvalue weighted by molar-refractivity contribution is 5.85. The molecule has 1 aromatic carbocycles. The van der Waals surface area contributed by atoms with Crippen LogP contribution in [0.15, 0.2) is 55.0 Å². The van der Waals surface area contributed by atoms with Crippen LogP contribution >= 0.6 is 0 Å². The Kier molecular flexibility index (Phi) is 5.45. The zero-order chi connectivity index (χ0) is 21.0. The van der Waals surface area contributed by atoms with Crippen molar-refractivity contribution in [3.8, 4) is 6.01 Å². The van der Waals surface area contributed by atoms with E-state index in [4.69, 9.17) is 10.5 Å². The van der Waals surface area contributed by atoms with Gasteiger partial charge in [0.15, 0.2) is 5.65 Å². The van der Waals surface area contributed by atoms with E-state index in [1.54, 1.807) is 18.6 Å². The maximum absolute atomic E-state index is 6.15. The molecule has 1 fully saturated rings. The molecule has 0 atom stereocenters. The quantitative estimate of drug-likeness (QED) is 0.496. The lowest BCUT2D eigenvalue weighted by Gasteiger charge is -2.15. The monoisotopic (exact) mass is 415 g/mol. The molecule has 4 heterocycles. The largest absolute Gasteiger partial charge is 0.458 e. The van der Waals surface area contributed by atoms with Crippen molar-refractivity contribution in [2.75, 3.05) is 18.8 Å². The number of anilines is 1. The fourth-order valence-corrected chi connectivity index (χ4v) is 3.96. The third-order valence-corrected chi connectivity index (χ3v) is 5.55. The van der Waals surface area contributed by atoms with Gasteiger partial charge in [-0.1, -0.05) is 24.3 Å². The van der Waals surface area contributed by atoms with E-state index in [9.17, 15) is 0 Å². The topological polar surface area (TPSA) is 95.0 Å². The highest BCUT2D eigenvalue weighted by Gasteiger charge is 2.14. The van der Waals surface area contributed by atoms with Crippen LogP contribution in [0, 0.1) is 0 Å². The van der Waals surface area contributed by atoms with E-state index in [1.165, 1.54) is 37.1 Å². The van der Waals surface area contributed by atoms with Gasteiger partial charge in [-0.3, -0.25) is 9.88 Å². The van der Waals surface area contributed by atoms with Gasteiger partial charge in [-0.2, -0.15) is 15.1 Å². The lowest BCUT2D eigenvalue weighted by Crippen LogP contribution is -2.18. The molecule has 1 saturated heterocycles. The molecule has 0 spiro atoms. The first-order valence-electron chi connectivity index (χ1n) is 10.6. The number of nitrogens with zero attached hydrogens (tertiary/aromatic N) is 6. The minimum absolute atomic E-state index is 0.242. The van der Waals surface area contributed by atoms with Gasteiger partial charge in [0.1, 0.15) is 12.4 Å². The fraction of sp³-hybridized carbons (Fsp3) is 0.304. The van der Waals surface area contributed by atoms with E-state index in [0.29, 0.717) is 24.6 Å². The molecule has 31 heavy (non-hydrogen) atoms. The van der Waals surface area contributed by atoms with Crippen molar-refractivity contribution >= 4 is 16.9 Å². The van der Waals surface area contributed by atoms with Crippen LogP contribution in [0.1, 0.15) is 29.5 Å². The molecule has 5 rings (SSSR count). The highest BCUT2D eigenvalue weighted by Crippen LogP contribution is 2.22. The van der Waals surface area contributed by atoms with E-state index >= 15 is 0 Å². The summed E-state index contributed by atoms with van der Waals surface area (Å²) in [5.41, 5.74) is 10.3. The second kappa shape index (κ2) is 8.69. The Balaban J connectivity index is 1.35. The number of aromatic nitrogens is 5. The lowest BCUT2D eigenvalue weighted by molar-refractivity contribution is 0.282. The summed E-state index contributed by atoms with van der Waals surface area (Å²) in [6.07, 6.45) is 7.76. The summed E-state index contributed by atoms with van der Waals surface area (Å²) in [4.78, 5) is 15.4. The second-order valence-electron chi connectivity index (χ2n) is 7.88. The van der Waals surface area contributed by atoms with Gasteiger partial charge in [-0.25, -0.2) is 4.68 Å². The van der Waals surface area contributed by atoms with Crippen molar-refractivity contribution in [1.29, 1.82) is 0 Å². The van der Waals surface area contributed by atoms with Gasteiger partial charge in [0.2, 0.25) is 0 Å². The predicted octanol–water partition coefficient (Wildman–Crippen LogP) is 3.03. The summed E-state index contributed by atoms with van der Waals surface area (Å²) in [6, 6.07) is 12.7. The average Bonchev–Trinajstić information content (AvgIpc) is 3.44. The maximum Gasteiger partial charge on any atom is 0.320 e. The normalized spacial score (nSPS) is 14.3. The molecule has 0 aliphatic carbocycles. The Labute approximate surface area is 180 Å². The molecular formula is C23H25N7O. The smallest absolute Gasteiger partial charge is 0.320 e. The van der Waals surface area contributed by atoms with Crippen molar-refractivity contribution in [3.63, 3.8) is 0 Å². The fourth-order valence-electron chi connectivity index (χ4n) is 3.96. The van der Waals surface area contributed by atoms with Crippen molar-refractivity contribution in [3.05, 3.63) is 71.7 Å². The molecule has 0 bridgehead atoms. The molecule has 0 amide bonds. The molecule has 0 unspecified atom stereocenters. The first kappa shape index (κ1) is 19.4. The van der Waals surface area contributed by atoms with Crippen LogP contribution in [0.2, 0.25) is 0 Å². The van der Waals surface area contributed by atoms with Crippen LogP contribution in [0.5, 0.6) is 6.01 Å². The van der Waals surface area contributed by atoms with Crippen molar-refractivity contribution < 1.29 is 4.74 Å². The number of benzene rings is 1. The number of likely N-dealkylation sites (tertiary alicyclic amines) is 1. The number of fused-ring (bicyclic) bond motifs is 1. The van der Waals surface area contributed by atoms with Gasteiger partial charge in [-0.15, -0.1) is 0 Å². The molecule has 8 heteroatoms. The Bertz CT molecular complexity index is 1170. The average molecular weight is 416 g/mol.